The van der Waals surface area contributed by atoms with Gasteiger partial charge in [0, 0.05) is 11.5 Å². The molecule has 4 nitrogen and oxygen atoms in total. The molecule has 0 bridgehead atoms. The van der Waals surface area contributed by atoms with Crippen molar-refractivity contribution in [2.45, 2.75) is 32.2 Å². The second-order valence-electron chi connectivity index (χ2n) is 4.74. The number of aliphatic hydroxyl groups is 1. The number of nitrogens with one attached hydrogen (secondary N) is 1. The van der Waals surface area contributed by atoms with Crippen molar-refractivity contribution >= 4 is 5.91 Å². The Morgan fingerprint density at radius 3 is 3.19 bits per heavy atom. The summed E-state index contributed by atoms with van der Waals surface area (Å²) in [6.07, 6.45) is 5.85. The van der Waals surface area contributed by atoms with Crippen molar-refractivity contribution in [3.63, 3.8) is 0 Å². The lowest BCUT2D eigenvalue weighted by atomic mass is 9.85. The van der Waals surface area contributed by atoms with Gasteiger partial charge in [0.25, 0.3) is 5.91 Å². The molecular formula is C12H17NO3. The maximum absolute atomic E-state index is 11.8. The van der Waals surface area contributed by atoms with Gasteiger partial charge in [-0.3, -0.25) is 4.79 Å². The second kappa shape index (κ2) is 4.29. The van der Waals surface area contributed by atoms with Gasteiger partial charge in [0.2, 0.25) is 0 Å². The van der Waals surface area contributed by atoms with Crippen molar-refractivity contribution in [1.29, 1.82) is 0 Å². The summed E-state index contributed by atoms with van der Waals surface area (Å²) in [7, 11) is 0. The first-order valence-electron chi connectivity index (χ1n) is 5.60. The summed E-state index contributed by atoms with van der Waals surface area (Å²) in [6.45, 7) is 2.13. The van der Waals surface area contributed by atoms with Gasteiger partial charge in [-0.25, -0.2) is 0 Å². The maximum atomic E-state index is 11.8. The van der Waals surface area contributed by atoms with Crippen LogP contribution in [-0.4, -0.2) is 23.7 Å². The molecule has 1 amide bonds. The molecule has 1 aliphatic rings. The number of aliphatic hydroxyl groups excluding tert-OH is 1. The molecular weight excluding hydrogens is 206 g/mol. The third-order valence-corrected chi connectivity index (χ3v) is 3.53. The summed E-state index contributed by atoms with van der Waals surface area (Å²) in [4.78, 5) is 11.8. The molecule has 2 atom stereocenters. The highest BCUT2D eigenvalue weighted by molar-refractivity contribution is 5.94. The number of furan rings is 1. The number of hydrogen-bond acceptors (Lipinski definition) is 3. The van der Waals surface area contributed by atoms with Gasteiger partial charge in [-0.15, -0.1) is 0 Å². The van der Waals surface area contributed by atoms with Gasteiger partial charge in [0.05, 0.1) is 18.4 Å². The molecule has 1 aromatic rings. The molecule has 2 unspecified atom stereocenters. The summed E-state index contributed by atoms with van der Waals surface area (Å²) in [5.41, 5.74) is 0.353. The Morgan fingerprint density at radius 1 is 1.75 bits per heavy atom. The fourth-order valence-electron chi connectivity index (χ4n) is 2.30. The molecule has 0 aromatic carbocycles. The predicted octanol–water partition coefficient (Wildman–Crippen LogP) is 1.56. The largest absolute Gasteiger partial charge is 0.472 e. The molecule has 4 heteroatoms. The Morgan fingerprint density at radius 2 is 2.56 bits per heavy atom. The van der Waals surface area contributed by atoms with E-state index in [0.717, 1.165) is 19.3 Å². The van der Waals surface area contributed by atoms with Crippen molar-refractivity contribution in [3.8, 4) is 0 Å². The molecule has 88 valence electrons. The van der Waals surface area contributed by atoms with E-state index in [9.17, 15) is 9.90 Å². The first-order valence-corrected chi connectivity index (χ1v) is 5.60. The van der Waals surface area contributed by atoms with E-state index in [4.69, 9.17) is 4.42 Å². The fraction of sp³-hybridized carbons (Fsp3) is 0.583. The molecule has 1 aromatic heterocycles. The summed E-state index contributed by atoms with van der Waals surface area (Å²) in [6, 6.07) is 1.69. The zero-order valence-electron chi connectivity index (χ0n) is 9.40. The number of rotatable bonds is 3. The second-order valence-corrected chi connectivity index (χ2v) is 4.74. The summed E-state index contributed by atoms with van der Waals surface area (Å²) in [5, 5.41) is 12.3. The average Bonchev–Trinajstić information content (AvgIpc) is 2.89. The molecule has 0 spiro atoms. The van der Waals surface area contributed by atoms with Crippen molar-refractivity contribution in [1.82, 2.24) is 5.32 Å². The highest BCUT2D eigenvalue weighted by atomic mass is 16.3. The minimum absolute atomic E-state index is 0.0555. The van der Waals surface area contributed by atoms with E-state index in [1.165, 1.54) is 12.5 Å². The molecule has 0 radical (unpaired) electrons. The zero-order valence-corrected chi connectivity index (χ0v) is 9.40. The number of carbonyl (C=O) groups excluding carboxylic acids is 1. The van der Waals surface area contributed by atoms with Crippen molar-refractivity contribution in [2.75, 3.05) is 6.61 Å². The van der Waals surface area contributed by atoms with Crippen molar-refractivity contribution in [2.24, 2.45) is 5.41 Å². The minimum Gasteiger partial charge on any atom is -0.472 e. The Kier molecular flexibility index (Phi) is 3.01. The lowest BCUT2D eigenvalue weighted by Crippen LogP contribution is -2.44. The van der Waals surface area contributed by atoms with Crippen molar-refractivity contribution < 1.29 is 14.3 Å². The quantitative estimate of drug-likeness (QED) is 0.817. The smallest absolute Gasteiger partial charge is 0.254 e. The topological polar surface area (TPSA) is 62.5 Å². The first kappa shape index (κ1) is 11.2. The van der Waals surface area contributed by atoms with E-state index < -0.39 is 0 Å². The SMILES string of the molecule is CC1(CO)CCCC1NC(=O)c1ccoc1. The number of hydrogen-bond donors (Lipinski definition) is 2. The van der Waals surface area contributed by atoms with Crippen LogP contribution >= 0.6 is 0 Å². The van der Waals surface area contributed by atoms with Crippen molar-refractivity contribution in [3.05, 3.63) is 24.2 Å². The van der Waals surface area contributed by atoms with Crippen LogP contribution in [0, 0.1) is 5.41 Å². The van der Waals surface area contributed by atoms with Crippen LogP contribution in [0.1, 0.15) is 36.5 Å². The van der Waals surface area contributed by atoms with E-state index >= 15 is 0 Å². The molecule has 1 heterocycles. The highest BCUT2D eigenvalue weighted by Crippen LogP contribution is 2.37. The Bertz CT molecular complexity index is 360. The molecule has 0 saturated heterocycles. The van der Waals surface area contributed by atoms with Gasteiger partial charge < -0.3 is 14.8 Å². The molecule has 1 fully saturated rings. The van der Waals surface area contributed by atoms with Crippen LogP contribution in [0.3, 0.4) is 0 Å². The van der Waals surface area contributed by atoms with E-state index in [1.54, 1.807) is 6.07 Å². The molecule has 2 rings (SSSR count). The first-order chi connectivity index (χ1) is 7.65. The van der Waals surface area contributed by atoms with E-state index in [0.29, 0.717) is 5.56 Å². The molecule has 16 heavy (non-hydrogen) atoms. The van der Waals surface area contributed by atoms with Crippen LogP contribution in [0.25, 0.3) is 0 Å². The zero-order chi connectivity index (χ0) is 11.6. The number of carbonyl (C=O) groups is 1. The van der Waals surface area contributed by atoms with E-state index in [1.807, 2.05) is 6.92 Å². The Labute approximate surface area is 94.6 Å². The molecule has 2 N–H and O–H groups in total. The van der Waals surface area contributed by atoms with Crippen LogP contribution < -0.4 is 5.32 Å². The average molecular weight is 223 g/mol. The molecule has 0 aliphatic heterocycles. The Hall–Kier alpha value is -1.29. The normalized spacial score (nSPS) is 29.2. The van der Waals surface area contributed by atoms with Gasteiger partial charge in [0.1, 0.15) is 6.26 Å². The fourth-order valence-corrected chi connectivity index (χ4v) is 2.30. The van der Waals surface area contributed by atoms with Crippen LogP contribution in [0.15, 0.2) is 23.0 Å². The number of amides is 1. The molecule has 1 aliphatic carbocycles. The summed E-state index contributed by atoms with van der Waals surface area (Å²) in [5.74, 6) is -0.125. The van der Waals surface area contributed by atoms with Gasteiger partial charge in [-0.1, -0.05) is 13.3 Å². The van der Waals surface area contributed by atoms with Crippen LogP contribution in [-0.2, 0) is 0 Å². The maximum Gasteiger partial charge on any atom is 0.254 e. The standard InChI is InChI=1S/C12H17NO3/c1-12(8-14)5-2-3-10(12)13-11(15)9-4-6-16-7-9/h4,6-7,10,14H,2-3,5,8H2,1H3,(H,13,15). The summed E-state index contributed by atoms with van der Waals surface area (Å²) < 4.78 is 4.87. The third-order valence-electron chi connectivity index (χ3n) is 3.53. The minimum atomic E-state index is -0.181. The summed E-state index contributed by atoms with van der Waals surface area (Å²) >= 11 is 0. The van der Waals surface area contributed by atoms with E-state index in [-0.39, 0.29) is 24.0 Å². The van der Waals surface area contributed by atoms with Gasteiger partial charge in [-0.2, -0.15) is 0 Å². The third kappa shape index (κ3) is 1.97. The van der Waals surface area contributed by atoms with Crippen LogP contribution in [0.4, 0.5) is 0 Å². The Balaban J connectivity index is 2.02. The monoisotopic (exact) mass is 223 g/mol. The van der Waals surface area contributed by atoms with Gasteiger partial charge in [0.15, 0.2) is 0 Å². The van der Waals surface area contributed by atoms with Crippen LogP contribution in [0.5, 0.6) is 0 Å². The van der Waals surface area contributed by atoms with Gasteiger partial charge >= 0.3 is 0 Å². The molecule has 1 saturated carbocycles. The highest BCUT2D eigenvalue weighted by Gasteiger charge is 2.39. The lowest BCUT2D eigenvalue weighted by Gasteiger charge is -2.29. The van der Waals surface area contributed by atoms with Crippen LogP contribution in [0.2, 0.25) is 0 Å². The van der Waals surface area contributed by atoms with Gasteiger partial charge in [-0.05, 0) is 18.9 Å². The predicted molar refractivity (Wildman–Crippen MR) is 59.0 cm³/mol. The lowest BCUT2D eigenvalue weighted by molar-refractivity contribution is 0.0830. The van der Waals surface area contributed by atoms with E-state index in [2.05, 4.69) is 5.32 Å².